The minimum Gasteiger partial charge on any atom is -0.486 e. The molecule has 2 fully saturated rings. The molecule has 2 aromatic rings. The van der Waals surface area contributed by atoms with Crippen LogP contribution in [-0.4, -0.2) is 61.9 Å². The molecule has 0 amide bonds. The third-order valence-electron chi connectivity index (χ3n) is 7.57. The summed E-state index contributed by atoms with van der Waals surface area (Å²) in [5.74, 6) is -3.17. The lowest BCUT2D eigenvalue weighted by Crippen LogP contribution is -2.48. The van der Waals surface area contributed by atoms with Crippen LogP contribution in [0.2, 0.25) is 0 Å². The zero-order valence-corrected chi connectivity index (χ0v) is 19.9. The van der Waals surface area contributed by atoms with Crippen molar-refractivity contribution in [1.29, 1.82) is 0 Å². The zero-order chi connectivity index (χ0) is 24.5. The molecule has 2 atom stereocenters. The van der Waals surface area contributed by atoms with Crippen LogP contribution < -0.4 is 15.0 Å². The van der Waals surface area contributed by atoms with Crippen molar-refractivity contribution in [2.75, 3.05) is 32.6 Å². The molecule has 8 heteroatoms. The summed E-state index contributed by atoms with van der Waals surface area (Å²) in [6, 6.07) is 12.7. The molecule has 1 aliphatic heterocycles. The molecule has 0 radical (unpaired) electrons. The Morgan fingerprint density at radius 3 is 2.38 bits per heavy atom. The summed E-state index contributed by atoms with van der Waals surface area (Å²) >= 11 is 0. The minimum absolute atomic E-state index is 0.0446. The Hall–Kier alpha value is -2.71. The lowest BCUT2D eigenvalue weighted by Gasteiger charge is -2.47. The van der Waals surface area contributed by atoms with Gasteiger partial charge in [0.1, 0.15) is 12.1 Å². The van der Waals surface area contributed by atoms with Gasteiger partial charge in [0.05, 0.1) is 0 Å². The standard InChI is InChI=1S/C26H33F2N3O3/c1-30(2)26(17-7-5-4-6-8-17)11-9-18(10-12-26)31(3)19-13-21(27)24(28)23(14-19)34-20-15-22(25(32)33)29-16-20/h4-8,13-14,18,20,22,29H,9-12,15-16H2,1-3H3,(H,32,33)/t18?,20-,22-,26?/m0/s1. The summed E-state index contributed by atoms with van der Waals surface area (Å²) in [7, 11) is 6.13. The summed E-state index contributed by atoms with van der Waals surface area (Å²) in [5, 5.41) is 12.0. The van der Waals surface area contributed by atoms with Crippen molar-refractivity contribution < 1.29 is 23.4 Å². The molecule has 1 saturated heterocycles. The van der Waals surface area contributed by atoms with Crippen LogP contribution >= 0.6 is 0 Å². The first-order chi connectivity index (χ1) is 16.2. The summed E-state index contributed by atoms with van der Waals surface area (Å²) in [6.07, 6.45) is 3.39. The van der Waals surface area contributed by atoms with E-state index in [9.17, 15) is 13.6 Å². The molecule has 0 aromatic heterocycles. The van der Waals surface area contributed by atoms with Gasteiger partial charge in [0.2, 0.25) is 5.82 Å². The van der Waals surface area contributed by atoms with Crippen LogP contribution in [0, 0.1) is 11.6 Å². The van der Waals surface area contributed by atoms with Gasteiger partial charge in [-0.15, -0.1) is 0 Å². The SMILES string of the molecule is CN(c1cc(F)c(F)c(O[C@@H]2CN[C@H](C(=O)O)C2)c1)C1CCC(c2ccccc2)(N(C)C)CC1. The topological polar surface area (TPSA) is 65.0 Å². The molecular formula is C26H33F2N3O3. The Labute approximate surface area is 199 Å². The van der Waals surface area contributed by atoms with Gasteiger partial charge in [-0.1, -0.05) is 30.3 Å². The summed E-state index contributed by atoms with van der Waals surface area (Å²) in [4.78, 5) is 15.5. The van der Waals surface area contributed by atoms with E-state index in [0.717, 1.165) is 25.7 Å². The fourth-order valence-electron chi connectivity index (χ4n) is 5.42. The number of carbonyl (C=O) groups is 1. The van der Waals surface area contributed by atoms with Crippen molar-refractivity contribution in [1.82, 2.24) is 10.2 Å². The van der Waals surface area contributed by atoms with Gasteiger partial charge in [0.15, 0.2) is 11.6 Å². The fraction of sp³-hybridized carbons (Fsp3) is 0.500. The second-order valence-electron chi connectivity index (χ2n) is 9.65. The van der Waals surface area contributed by atoms with E-state index in [0.29, 0.717) is 5.69 Å². The molecule has 0 spiro atoms. The monoisotopic (exact) mass is 473 g/mol. The number of hydrogen-bond acceptors (Lipinski definition) is 5. The maximum atomic E-state index is 14.5. The fourth-order valence-corrected chi connectivity index (χ4v) is 5.42. The molecule has 1 saturated carbocycles. The maximum Gasteiger partial charge on any atom is 0.320 e. The number of nitrogens with one attached hydrogen (secondary N) is 1. The summed E-state index contributed by atoms with van der Waals surface area (Å²) in [6.45, 7) is 0.271. The lowest BCUT2D eigenvalue weighted by atomic mass is 9.73. The van der Waals surface area contributed by atoms with Gasteiger partial charge in [-0.2, -0.15) is 4.39 Å². The number of nitrogens with zero attached hydrogens (tertiary/aromatic N) is 2. The molecule has 1 aliphatic carbocycles. The van der Waals surface area contributed by atoms with Gasteiger partial charge in [-0.3, -0.25) is 9.69 Å². The molecule has 184 valence electrons. The maximum absolute atomic E-state index is 14.5. The second kappa shape index (κ2) is 9.88. The number of halogens is 2. The molecule has 2 aliphatic rings. The second-order valence-corrected chi connectivity index (χ2v) is 9.65. The third kappa shape index (κ3) is 4.74. The number of rotatable bonds is 7. The van der Waals surface area contributed by atoms with Gasteiger partial charge in [0.25, 0.3) is 0 Å². The van der Waals surface area contributed by atoms with Crippen LogP contribution in [0.1, 0.15) is 37.7 Å². The average molecular weight is 474 g/mol. The predicted molar refractivity (Wildman–Crippen MR) is 127 cm³/mol. The molecule has 0 unspecified atom stereocenters. The molecule has 6 nitrogen and oxygen atoms in total. The molecular weight excluding hydrogens is 440 g/mol. The highest BCUT2D eigenvalue weighted by atomic mass is 19.2. The highest BCUT2D eigenvalue weighted by Crippen LogP contribution is 2.43. The average Bonchev–Trinajstić information content (AvgIpc) is 3.31. The molecule has 2 aromatic carbocycles. The number of benzene rings is 2. The van der Waals surface area contributed by atoms with Crippen LogP contribution in [0.3, 0.4) is 0 Å². The lowest BCUT2D eigenvalue weighted by molar-refractivity contribution is -0.139. The van der Waals surface area contributed by atoms with Gasteiger partial charge in [-0.05, 0) is 45.3 Å². The number of carboxylic acids is 1. The van der Waals surface area contributed by atoms with Gasteiger partial charge >= 0.3 is 5.97 Å². The molecule has 0 bridgehead atoms. The number of anilines is 1. The highest BCUT2D eigenvalue weighted by Gasteiger charge is 2.40. The Morgan fingerprint density at radius 2 is 1.79 bits per heavy atom. The van der Waals surface area contributed by atoms with E-state index in [1.165, 1.54) is 17.7 Å². The normalized spacial score (nSPS) is 27.1. The largest absolute Gasteiger partial charge is 0.486 e. The zero-order valence-electron chi connectivity index (χ0n) is 19.9. The molecule has 2 N–H and O–H groups in total. The number of aliphatic carboxylic acids is 1. The van der Waals surface area contributed by atoms with E-state index in [1.54, 1.807) is 0 Å². The Morgan fingerprint density at radius 1 is 1.12 bits per heavy atom. The van der Waals surface area contributed by atoms with Crippen molar-refractivity contribution in [2.24, 2.45) is 0 Å². The first-order valence-electron chi connectivity index (χ1n) is 11.8. The molecule has 34 heavy (non-hydrogen) atoms. The van der Waals surface area contributed by atoms with E-state index >= 15 is 0 Å². The Kier molecular flexibility index (Phi) is 7.09. The van der Waals surface area contributed by atoms with Gasteiger partial charge in [-0.25, -0.2) is 4.39 Å². The van der Waals surface area contributed by atoms with Crippen molar-refractivity contribution in [3.63, 3.8) is 0 Å². The summed E-state index contributed by atoms with van der Waals surface area (Å²) in [5.41, 5.74) is 1.81. The van der Waals surface area contributed by atoms with Crippen LogP contribution in [-0.2, 0) is 10.3 Å². The van der Waals surface area contributed by atoms with E-state index in [2.05, 4.69) is 48.6 Å². The minimum atomic E-state index is -1.05. The van der Waals surface area contributed by atoms with E-state index in [-0.39, 0.29) is 30.3 Å². The van der Waals surface area contributed by atoms with Gasteiger partial charge < -0.3 is 20.1 Å². The predicted octanol–water partition coefficient (Wildman–Crippen LogP) is 3.99. The van der Waals surface area contributed by atoms with E-state index < -0.39 is 29.7 Å². The van der Waals surface area contributed by atoms with Gasteiger partial charge in [0, 0.05) is 49.4 Å². The molecule has 1 heterocycles. The van der Waals surface area contributed by atoms with Crippen LogP contribution in [0.5, 0.6) is 5.75 Å². The quantitative estimate of drug-likeness (QED) is 0.634. The van der Waals surface area contributed by atoms with E-state index in [1.807, 2.05) is 18.0 Å². The number of carboxylic acid groups (broad SMARTS) is 1. The van der Waals surface area contributed by atoms with Crippen LogP contribution in [0.15, 0.2) is 42.5 Å². The third-order valence-corrected chi connectivity index (χ3v) is 7.57. The Bertz CT molecular complexity index is 1010. The smallest absolute Gasteiger partial charge is 0.320 e. The first kappa shape index (κ1) is 24.4. The van der Waals surface area contributed by atoms with Crippen molar-refractivity contribution in [3.8, 4) is 5.75 Å². The number of ether oxygens (including phenoxy) is 1. The molecule has 4 rings (SSSR count). The van der Waals surface area contributed by atoms with Crippen molar-refractivity contribution in [2.45, 2.75) is 55.8 Å². The van der Waals surface area contributed by atoms with Crippen molar-refractivity contribution in [3.05, 3.63) is 59.7 Å². The van der Waals surface area contributed by atoms with Crippen LogP contribution in [0.25, 0.3) is 0 Å². The summed E-state index contributed by atoms with van der Waals surface area (Å²) < 4.78 is 34.7. The van der Waals surface area contributed by atoms with Crippen LogP contribution in [0.4, 0.5) is 14.5 Å². The highest BCUT2D eigenvalue weighted by molar-refractivity contribution is 5.74. The van der Waals surface area contributed by atoms with E-state index in [4.69, 9.17) is 9.84 Å². The first-order valence-corrected chi connectivity index (χ1v) is 11.8. The Balaban J connectivity index is 1.48. The number of hydrogen-bond donors (Lipinski definition) is 2. The van der Waals surface area contributed by atoms with Crippen molar-refractivity contribution >= 4 is 11.7 Å².